The van der Waals surface area contributed by atoms with Gasteiger partial charge in [-0.1, -0.05) is 24.3 Å². The zero-order chi connectivity index (χ0) is 56.0. The van der Waals surface area contributed by atoms with E-state index in [1.54, 1.807) is 0 Å². The lowest BCUT2D eigenvalue weighted by molar-refractivity contribution is -0.366. The minimum absolute atomic E-state index is 0.0101. The van der Waals surface area contributed by atoms with E-state index in [4.69, 9.17) is 49.4 Å². The van der Waals surface area contributed by atoms with Crippen molar-refractivity contribution in [1.29, 1.82) is 0 Å². The van der Waals surface area contributed by atoms with Crippen molar-refractivity contribution in [1.82, 2.24) is 0 Å². The first-order chi connectivity index (χ1) is 36.9. The lowest BCUT2D eigenvalue weighted by Gasteiger charge is -2.50. The van der Waals surface area contributed by atoms with Crippen molar-refractivity contribution >= 4 is 23.1 Å². The number of hydrogen-bond acceptors (Lipinski definition) is 24. The largest absolute Gasteiger partial charge is 0.507 e. The Hall–Kier alpha value is -6.20. The van der Waals surface area contributed by atoms with E-state index in [1.165, 1.54) is 64.5 Å². The quantitative estimate of drug-likeness (QED) is 0.0867. The summed E-state index contributed by atoms with van der Waals surface area (Å²) < 4.78 is 47.9. The molecular formula is C54H58N2O22. The van der Waals surface area contributed by atoms with Crippen LogP contribution in [0, 0.1) is 0 Å². The number of ether oxygens (including phenoxy) is 8. The summed E-state index contributed by atoms with van der Waals surface area (Å²) in [7, 11) is 2.54. The van der Waals surface area contributed by atoms with E-state index in [-0.39, 0.29) is 57.7 Å². The fraction of sp³-hybridized carbons (Fsp3) is 0.481. The van der Waals surface area contributed by atoms with Gasteiger partial charge in [0.15, 0.2) is 24.1 Å². The maximum atomic E-state index is 14.4. The molecule has 11 rings (SSSR count). The van der Waals surface area contributed by atoms with Crippen LogP contribution in [0.4, 0.5) is 0 Å². The monoisotopic (exact) mass is 1090 g/mol. The fourth-order valence-electron chi connectivity index (χ4n) is 12.6. The van der Waals surface area contributed by atoms with Crippen molar-refractivity contribution in [2.45, 2.75) is 136 Å². The molecule has 24 nitrogen and oxygen atoms in total. The Kier molecular flexibility index (Phi) is 12.9. The van der Waals surface area contributed by atoms with Crippen LogP contribution in [-0.4, -0.2) is 173 Å². The smallest absolute Gasteiger partial charge is 0.224 e. The van der Waals surface area contributed by atoms with E-state index in [2.05, 4.69) is 0 Å². The lowest BCUT2D eigenvalue weighted by Crippen LogP contribution is -2.65. The molecule has 4 aromatic carbocycles. The molecule has 0 amide bonds. The molecule has 0 saturated carbocycles. The molecule has 3 aliphatic heterocycles. The van der Waals surface area contributed by atoms with Crippen LogP contribution in [0.1, 0.15) is 138 Å². The number of methoxy groups -OCH3 is 2. The average Bonchev–Trinajstić information content (AvgIpc) is 3.98. The summed E-state index contributed by atoms with van der Waals surface area (Å²) in [4.78, 5) is 57.4. The second-order valence-corrected chi connectivity index (χ2v) is 21.2. The van der Waals surface area contributed by atoms with E-state index in [1.807, 2.05) is 0 Å². The number of phenols is 4. The van der Waals surface area contributed by atoms with Crippen LogP contribution in [0.2, 0.25) is 0 Å². The maximum absolute atomic E-state index is 14.4. The molecule has 2 unspecified atom stereocenters. The summed E-state index contributed by atoms with van der Waals surface area (Å²) >= 11 is 0. The van der Waals surface area contributed by atoms with E-state index < -0.39 is 202 Å². The molecule has 3 heterocycles. The van der Waals surface area contributed by atoms with Crippen LogP contribution >= 0.6 is 0 Å². The summed E-state index contributed by atoms with van der Waals surface area (Å²) in [5.41, 5.74) is 2.17. The molecule has 0 bridgehead atoms. The third kappa shape index (κ3) is 7.65. The standard InChI is InChI=1S/C54H58N2O22/c1-19-41(58)25(55)11-31(74-19)76-29-15-51(68,13-23-35(29)49(66)39-37(45(23)62)43(60)21-7-5-9-27(71-3)33(21)47(39)64)53(70)18-73-54(17-57,78-53)52(69)14-24-36(30(16-52)77-32-12-26(56)42(59)20(2)75-32)50(67)40-38(46(24)63)44(61)22-8-6-10-28(72-4)34(22)48(40)65/h5-10,19-20,25-26,29-32,41-42,57-59,62-63,66-70H,11-18,55-56H2,1-4H3/t19-,20-,25-,26-,29-,30-,31-,32-,41+,42+,51-,52-,53?,54?/m0/s1. The van der Waals surface area contributed by atoms with Crippen LogP contribution in [0.3, 0.4) is 0 Å². The molecule has 24 heteroatoms. The normalized spacial score (nSPS) is 35.0. The molecule has 14 N–H and O–H groups in total. The van der Waals surface area contributed by atoms with Gasteiger partial charge in [0.2, 0.25) is 23.1 Å². The maximum Gasteiger partial charge on any atom is 0.224 e. The molecule has 0 aromatic heterocycles. The van der Waals surface area contributed by atoms with Gasteiger partial charge in [-0.15, -0.1) is 0 Å². The number of ketones is 4. The second-order valence-electron chi connectivity index (χ2n) is 21.2. The first-order valence-corrected chi connectivity index (χ1v) is 25.2. The predicted octanol–water partition coefficient (Wildman–Crippen LogP) is 0.317. The van der Waals surface area contributed by atoms with Gasteiger partial charge in [0.05, 0.1) is 84.2 Å². The van der Waals surface area contributed by atoms with Gasteiger partial charge in [-0.3, -0.25) is 19.2 Å². The molecule has 4 aliphatic carbocycles. The Morgan fingerprint density at radius 1 is 0.603 bits per heavy atom. The summed E-state index contributed by atoms with van der Waals surface area (Å²) in [5.74, 6) is -13.1. The Balaban J connectivity index is 1.01. The number of phenolic OH excluding ortho intramolecular Hbond substituents is 4. The number of benzene rings is 4. The Morgan fingerprint density at radius 3 is 1.42 bits per heavy atom. The van der Waals surface area contributed by atoms with Gasteiger partial charge in [0.1, 0.15) is 58.9 Å². The molecule has 14 atom stereocenters. The highest BCUT2D eigenvalue weighted by Gasteiger charge is 2.70. The number of carbonyl (C=O) groups excluding carboxylic acids is 4. The Labute approximate surface area is 443 Å². The van der Waals surface area contributed by atoms with Crippen LogP contribution in [0.5, 0.6) is 34.5 Å². The first-order valence-electron chi connectivity index (χ1n) is 25.2. The number of aliphatic hydroxyl groups excluding tert-OH is 3. The number of fused-ring (bicyclic) bond motifs is 6. The second kappa shape index (κ2) is 18.7. The number of aliphatic hydroxyl groups is 6. The van der Waals surface area contributed by atoms with Crippen molar-refractivity contribution in [3.8, 4) is 34.5 Å². The van der Waals surface area contributed by atoms with E-state index >= 15 is 0 Å². The third-order valence-corrected chi connectivity index (χ3v) is 16.8. The molecule has 0 spiro atoms. The van der Waals surface area contributed by atoms with E-state index in [0.29, 0.717) is 0 Å². The number of carbonyl (C=O) groups is 4. The fourth-order valence-corrected chi connectivity index (χ4v) is 12.6. The van der Waals surface area contributed by atoms with E-state index in [9.17, 15) is 70.2 Å². The molecule has 7 aliphatic rings. The van der Waals surface area contributed by atoms with Crippen LogP contribution in [0.25, 0.3) is 0 Å². The van der Waals surface area contributed by atoms with Crippen molar-refractivity contribution in [2.75, 3.05) is 27.4 Å². The Bertz CT molecular complexity index is 3220. The topological polar surface area (TPSA) is 396 Å². The molecular weight excluding hydrogens is 1030 g/mol. The highest BCUT2D eigenvalue weighted by Crippen LogP contribution is 2.60. The average molecular weight is 1090 g/mol. The number of rotatable bonds is 9. The van der Waals surface area contributed by atoms with Crippen molar-refractivity contribution in [3.63, 3.8) is 0 Å². The van der Waals surface area contributed by atoms with Crippen molar-refractivity contribution < 1.29 is 108 Å². The highest BCUT2D eigenvalue weighted by molar-refractivity contribution is 6.32. The van der Waals surface area contributed by atoms with Crippen LogP contribution < -0.4 is 20.9 Å². The minimum atomic E-state index is -3.09. The van der Waals surface area contributed by atoms with Gasteiger partial charge in [-0.05, 0) is 26.0 Å². The Morgan fingerprint density at radius 2 is 1.01 bits per heavy atom. The third-order valence-electron chi connectivity index (χ3n) is 16.8. The molecule has 78 heavy (non-hydrogen) atoms. The number of hydrogen-bond donors (Lipinski definition) is 12. The van der Waals surface area contributed by atoms with Gasteiger partial charge < -0.3 is 100 Å². The van der Waals surface area contributed by atoms with Crippen molar-refractivity contribution in [2.24, 2.45) is 11.5 Å². The summed E-state index contributed by atoms with van der Waals surface area (Å²) in [6.07, 6.45) is -13.9. The highest BCUT2D eigenvalue weighted by atomic mass is 16.8. The van der Waals surface area contributed by atoms with Gasteiger partial charge in [-0.25, -0.2) is 0 Å². The minimum Gasteiger partial charge on any atom is -0.507 e. The van der Waals surface area contributed by atoms with Crippen LogP contribution in [0.15, 0.2) is 36.4 Å². The summed E-state index contributed by atoms with van der Waals surface area (Å²) in [6, 6.07) is 6.50. The van der Waals surface area contributed by atoms with Gasteiger partial charge in [0, 0.05) is 84.0 Å². The zero-order valence-electron chi connectivity index (χ0n) is 42.4. The predicted molar refractivity (Wildman–Crippen MR) is 261 cm³/mol. The first kappa shape index (κ1) is 53.8. The molecule has 416 valence electrons. The van der Waals surface area contributed by atoms with Crippen LogP contribution in [-0.2, 0) is 41.3 Å². The zero-order valence-corrected chi connectivity index (χ0v) is 42.4. The van der Waals surface area contributed by atoms with Gasteiger partial charge >= 0.3 is 0 Å². The number of aromatic hydroxyl groups is 4. The molecule has 3 fully saturated rings. The SMILES string of the molecule is COc1cccc2c1C(=O)c1c(O)c3c(c(O)c1C2=O)C[C@@](O)(C1(O)COC(CO)([C@]2(O)Cc4c(O)c5c(c(O)c4[C@@H](O[C@H]4C[C@H](N)[C@H](O)[C@H](C)O4)C2)C(=O)c2c(OC)cccc2C5=O)O1)C[C@@H]3O[C@H]1C[C@H](N)[C@H](O)[C@H](C)O1. The van der Waals surface area contributed by atoms with Gasteiger partial charge in [0.25, 0.3) is 0 Å². The summed E-state index contributed by atoms with van der Waals surface area (Å²) in [5, 5.41) is 121. The van der Waals surface area contributed by atoms with E-state index in [0.717, 1.165) is 0 Å². The lowest BCUT2D eigenvalue weighted by atomic mass is 9.69. The summed E-state index contributed by atoms with van der Waals surface area (Å²) in [6.45, 7) is 0.573. The molecule has 3 saturated heterocycles. The molecule has 4 aromatic rings. The van der Waals surface area contributed by atoms with Gasteiger partial charge in [-0.2, -0.15) is 0 Å². The van der Waals surface area contributed by atoms with Crippen molar-refractivity contribution in [3.05, 3.63) is 103 Å². The number of nitrogens with two attached hydrogens (primary N) is 2. The molecule has 0 radical (unpaired) electrons.